The Morgan fingerprint density at radius 1 is 1.21 bits per heavy atom. The molecule has 4 rings (SSSR count). The van der Waals surface area contributed by atoms with Crippen LogP contribution >= 0.6 is 11.6 Å². The van der Waals surface area contributed by atoms with Crippen molar-refractivity contribution in [2.24, 2.45) is 0 Å². The van der Waals surface area contributed by atoms with Crippen LogP contribution in [0.15, 0.2) is 54.7 Å². The van der Waals surface area contributed by atoms with Crippen LogP contribution in [0.5, 0.6) is 11.5 Å². The van der Waals surface area contributed by atoms with Crippen LogP contribution in [0.3, 0.4) is 0 Å². The number of piperazine rings is 1. The third-order valence-electron chi connectivity index (χ3n) is 5.36. The van der Waals surface area contributed by atoms with Crippen LogP contribution in [-0.4, -0.2) is 62.4 Å². The Bertz CT molecular complexity index is 1180. The molecular weight excluding hydrogens is 451 g/mol. The quantitative estimate of drug-likeness (QED) is 0.594. The third-order valence-corrected chi connectivity index (χ3v) is 5.68. The highest BCUT2D eigenvalue weighted by Crippen LogP contribution is 2.30. The normalized spacial score (nSPS) is 16.6. The summed E-state index contributed by atoms with van der Waals surface area (Å²) in [5.74, 6) is -0.800. The van der Waals surface area contributed by atoms with Crippen molar-refractivity contribution >= 4 is 23.6 Å². The minimum atomic E-state index is -1.19. The van der Waals surface area contributed by atoms with E-state index in [0.717, 1.165) is 10.2 Å². The SMILES string of the molecule is CC1CN(Cc2cc(F)cc(Oc3ccccc3Cl)c2)CCN1C(=O)n1ccc(C(=O)O)n1. The molecule has 1 aliphatic heterocycles. The van der Waals surface area contributed by atoms with Gasteiger partial charge in [-0.05, 0) is 42.8 Å². The van der Waals surface area contributed by atoms with Crippen molar-refractivity contribution in [3.8, 4) is 11.5 Å². The van der Waals surface area contributed by atoms with Gasteiger partial charge in [-0.2, -0.15) is 9.78 Å². The first-order valence-electron chi connectivity index (χ1n) is 10.3. The second-order valence-corrected chi connectivity index (χ2v) is 8.25. The van der Waals surface area contributed by atoms with Gasteiger partial charge >= 0.3 is 12.0 Å². The highest BCUT2D eigenvalue weighted by Gasteiger charge is 2.29. The number of carbonyl (C=O) groups excluding carboxylic acids is 1. The molecule has 0 spiro atoms. The van der Waals surface area contributed by atoms with Crippen molar-refractivity contribution in [1.82, 2.24) is 19.6 Å². The number of ether oxygens (including phenoxy) is 1. The zero-order valence-electron chi connectivity index (χ0n) is 17.8. The van der Waals surface area contributed by atoms with Gasteiger partial charge in [0, 0.05) is 44.5 Å². The first-order valence-corrected chi connectivity index (χ1v) is 10.7. The molecule has 3 aromatic rings. The van der Waals surface area contributed by atoms with E-state index in [0.29, 0.717) is 42.7 Å². The molecule has 172 valence electrons. The molecule has 10 heteroatoms. The molecule has 2 aromatic carbocycles. The van der Waals surface area contributed by atoms with E-state index in [1.165, 1.54) is 24.4 Å². The van der Waals surface area contributed by atoms with Gasteiger partial charge in [0.25, 0.3) is 0 Å². The van der Waals surface area contributed by atoms with Gasteiger partial charge in [-0.25, -0.2) is 14.0 Å². The third kappa shape index (κ3) is 5.32. The van der Waals surface area contributed by atoms with Crippen molar-refractivity contribution in [2.45, 2.75) is 19.5 Å². The Morgan fingerprint density at radius 3 is 2.70 bits per heavy atom. The van der Waals surface area contributed by atoms with Crippen LogP contribution in [0.1, 0.15) is 23.0 Å². The summed E-state index contributed by atoms with van der Waals surface area (Å²) < 4.78 is 21.0. The summed E-state index contributed by atoms with van der Waals surface area (Å²) in [7, 11) is 0. The summed E-state index contributed by atoms with van der Waals surface area (Å²) in [6.07, 6.45) is 1.35. The van der Waals surface area contributed by atoms with Crippen molar-refractivity contribution < 1.29 is 23.8 Å². The largest absolute Gasteiger partial charge is 0.476 e. The zero-order valence-corrected chi connectivity index (χ0v) is 18.6. The van der Waals surface area contributed by atoms with Crippen LogP contribution in [0.25, 0.3) is 0 Å². The number of rotatable bonds is 5. The fraction of sp³-hybridized carbons (Fsp3) is 0.261. The first kappa shape index (κ1) is 22.8. The number of hydrogen-bond acceptors (Lipinski definition) is 5. The van der Waals surface area contributed by atoms with Crippen LogP contribution in [0.2, 0.25) is 5.02 Å². The number of benzene rings is 2. The summed E-state index contributed by atoms with van der Waals surface area (Å²) in [5, 5.41) is 13.3. The molecule has 1 aliphatic rings. The standard InChI is InChI=1S/C23H22ClFN4O4/c1-15-13-27(8-9-28(15)23(32)29-7-6-20(26-29)22(30)31)14-16-10-17(25)12-18(11-16)33-21-5-3-2-4-19(21)24/h2-7,10-12,15H,8-9,13-14H2,1H3,(H,30,31). The predicted molar refractivity (Wildman–Crippen MR) is 119 cm³/mol. The second-order valence-electron chi connectivity index (χ2n) is 7.84. The summed E-state index contributed by atoms with van der Waals surface area (Å²) in [6, 6.07) is 12.3. The van der Waals surface area contributed by atoms with E-state index in [9.17, 15) is 14.0 Å². The number of hydrogen-bond donors (Lipinski definition) is 1. The Morgan fingerprint density at radius 2 is 2.00 bits per heavy atom. The van der Waals surface area contributed by atoms with Gasteiger partial charge in [0.1, 0.15) is 17.3 Å². The number of amides is 1. The summed E-state index contributed by atoms with van der Waals surface area (Å²) in [5.41, 5.74) is 0.553. The Kier molecular flexibility index (Phi) is 6.62. The number of aromatic nitrogens is 2. The van der Waals surface area contributed by atoms with Gasteiger partial charge in [0.2, 0.25) is 0 Å². The Labute approximate surface area is 194 Å². The van der Waals surface area contributed by atoms with Gasteiger partial charge in [0.05, 0.1) is 5.02 Å². The lowest BCUT2D eigenvalue weighted by molar-refractivity contribution is 0.0689. The molecule has 1 aromatic heterocycles. The Balaban J connectivity index is 1.40. The highest BCUT2D eigenvalue weighted by atomic mass is 35.5. The summed E-state index contributed by atoms with van der Waals surface area (Å²) in [6.45, 7) is 3.95. The van der Waals surface area contributed by atoms with Crippen molar-refractivity contribution in [3.63, 3.8) is 0 Å². The summed E-state index contributed by atoms with van der Waals surface area (Å²) in [4.78, 5) is 27.5. The molecule has 33 heavy (non-hydrogen) atoms. The van der Waals surface area contributed by atoms with Gasteiger partial charge in [-0.15, -0.1) is 0 Å². The number of carboxylic acid groups (broad SMARTS) is 1. The average Bonchev–Trinajstić information content (AvgIpc) is 3.25. The van der Waals surface area contributed by atoms with Gasteiger partial charge in [-0.3, -0.25) is 4.90 Å². The van der Waals surface area contributed by atoms with E-state index in [4.69, 9.17) is 21.4 Å². The van der Waals surface area contributed by atoms with Gasteiger partial charge in [0.15, 0.2) is 5.69 Å². The molecule has 0 aliphatic carbocycles. The molecule has 1 atom stereocenters. The average molecular weight is 473 g/mol. The molecule has 1 N–H and O–H groups in total. The fourth-order valence-electron chi connectivity index (χ4n) is 3.82. The zero-order chi connectivity index (χ0) is 23.5. The van der Waals surface area contributed by atoms with E-state index >= 15 is 0 Å². The molecule has 1 fully saturated rings. The lowest BCUT2D eigenvalue weighted by Crippen LogP contribution is -2.54. The maximum Gasteiger partial charge on any atom is 0.356 e. The topological polar surface area (TPSA) is 87.9 Å². The number of para-hydroxylation sites is 1. The van der Waals surface area contributed by atoms with E-state index in [1.807, 2.05) is 6.92 Å². The fourth-order valence-corrected chi connectivity index (χ4v) is 3.99. The summed E-state index contributed by atoms with van der Waals surface area (Å²) >= 11 is 6.13. The molecule has 0 bridgehead atoms. The van der Waals surface area contributed by atoms with Crippen LogP contribution < -0.4 is 4.74 Å². The van der Waals surface area contributed by atoms with E-state index in [1.54, 1.807) is 35.2 Å². The lowest BCUT2D eigenvalue weighted by Gasteiger charge is -2.39. The van der Waals surface area contributed by atoms with Crippen LogP contribution in [0.4, 0.5) is 9.18 Å². The first-order chi connectivity index (χ1) is 15.8. The monoisotopic (exact) mass is 472 g/mol. The van der Waals surface area contributed by atoms with Crippen molar-refractivity contribution in [2.75, 3.05) is 19.6 Å². The van der Waals surface area contributed by atoms with E-state index < -0.39 is 11.8 Å². The molecule has 0 radical (unpaired) electrons. The van der Waals surface area contributed by atoms with Crippen molar-refractivity contribution in [3.05, 3.63) is 76.8 Å². The van der Waals surface area contributed by atoms with E-state index in [2.05, 4.69) is 10.00 Å². The molecule has 1 unspecified atom stereocenters. The number of halogens is 2. The van der Waals surface area contributed by atoms with Crippen molar-refractivity contribution in [1.29, 1.82) is 0 Å². The maximum atomic E-state index is 14.2. The number of aromatic carboxylic acids is 1. The van der Waals surface area contributed by atoms with E-state index in [-0.39, 0.29) is 17.8 Å². The lowest BCUT2D eigenvalue weighted by atomic mass is 10.1. The molecule has 0 saturated carbocycles. The van der Waals surface area contributed by atoms with Gasteiger partial charge < -0.3 is 14.7 Å². The number of carboxylic acids is 1. The molecular formula is C23H22ClFN4O4. The molecule has 1 saturated heterocycles. The molecule has 1 amide bonds. The smallest absolute Gasteiger partial charge is 0.356 e. The second kappa shape index (κ2) is 9.60. The Hall–Kier alpha value is -3.43. The number of carbonyl (C=O) groups is 2. The maximum absolute atomic E-state index is 14.2. The highest BCUT2D eigenvalue weighted by molar-refractivity contribution is 6.32. The van der Waals surface area contributed by atoms with Gasteiger partial charge in [-0.1, -0.05) is 23.7 Å². The van der Waals surface area contributed by atoms with Crippen LogP contribution in [-0.2, 0) is 6.54 Å². The minimum Gasteiger partial charge on any atom is -0.476 e. The molecule has 2 heterocycles. The van der Waals surface area contributed by atoms with Crippen LogP contribution in [0, 0.1) is 5.82 Å². The number of nitrogens with zero attached hydrogens (tertiary/aromatic N) is 4. The molecule has 8 nitrogen and oxygen atoms in total. The predicted octanol–water partition coefficient (Wildman–Crippen LogP) is 4.34. The minimum absolute atomic E-state index is 0.142.